The maximum absolute atomic E-state index is 11.6. The van der Waals surface area contributed by atoms with Crippen LogP contribution in [0, 0.1) is 6.92 Å². The van der Waals surface area contributed by atoms with Crippen LogP contribution in [0.5, 0.6) is 5.75 Å². The Kier molecular flexibility index (Phi) is 4.98. The van der Waals surface area contributed by atoms with Crippen molar-refractivity contribution in [3.63, 3.8) is 0 Å². The quantitative estimate of drug-likeness (QED) is 0.879. The van der Waals surface area contributed by atoms with Gasteiger partial charge in [-0.05, 0) is 31.2 Å². The standard InChI is InChI=1S/C15H17NO2S/c1-12-7-8-14(19-12)11-16-15(17)9-10-18-13-5-3-2-4-6-13/h2-8H,9-11H2,1H3,(H,16,17). The molecular weight excluding hydrogens is 258 g/mol. The molecule has 0 saturated carbocycles. The zero-order chi connectivity index (χ0) is 13.5. The Morgan fingerprint density at radius 2 is 2.00 bits per heavy atom. The summed E-state index contributed by atoms with van der Waals surface area (Å²) in [7, 11) is 0. The molecular formula is C15H17NO2S. The maximum Gasteiger partial charge on any atom is 0.223 e. The number of amides is 1. The Balaban J connectivity index is 1.65. The summed E-state index contributed by atoms with van der Waals surface area (Å²) in [6.07, 6.45) is 0.374. The van der Waals surface area contributed by atoms with E-state index in [4.69, 9.17) is 4.74 Å². The Bertz CT molecular complexity index is 522. The fourth-order valence-electron chi connectivity index (χ4n) is 1.63. The molecule has 0 unspecified atom stereocenters. The van der Waals surface area contributed by atoms with Gasteiger partial charge in [0.15, 0.2) is 0 Å². The van der Waals surface area contributed by atoms with Gasteiger partial charge in [-0.3, -0.25) is 4.79 Å². The zero-order valence-electron chi connectivity index (χ0n) is 10.9. The Labute approximate surface area is 117 Å². The third-order valence-electron chi connectivity index (χ3n) is 2.60. The molecule has 19 heavy (non-hydrogen) atoms. The van der Waals surface area contributed by atoms with Crippen molar-refractivity contribution < 1.29 is 9.53 Å². The lowest BCUT2D eigenvalue weighted by Gasteiger charge is -2.06. The molecule has 0 saturated heterocycles. The van der Waals surface area contributed by atoms with Crippen molar-refractivity contribution in [3.05, 3.63) is 52.2 Å². The molecule has 0 bridgehead atoms. The van der Waals surface area contributed by atoms with E-state index in [2.05, 4.69) is 18.3 Å². The van der Waals surface area contributed by atoms with E-state index >= 15 is 0 Å². The third-order valence-corrected chi connectivity index (χ3v) is 3.60. The molecule has 0 aliphatic heterocycles. The van der Waals surface area contributed by atoms with Crippen molar-refractivity contribution in [3.8, 4) is 5.75 Å². The number of hydrogen-bond donors (Lipinski definition) is 1. The minimum Gasteiger partial charge on any atom is -0.493 e. The summed E-state index contributed by atoms with van der Waals surface area (Å²) < 4.78 is 5.47. The van der Waals surface area contributed by atoms with Gasteiger partial charge in [0.1, 0.15) is 5.75 Å². The summed E-state index contributed by atoms with van der Waals surface area (Å²) >= 11 is 1.70. The van der Waals surface area contributed by atoms with E-state index in [1.165, 1.54) is 9.75 Å². The van der Waals surface area contributed by atoms with Crippen molar-refractivity contribution in [2.45, 2.75) is 19.9 Å². The molecule has 0 radical (unpaired) electrons. The van der Waals surface area contributed by atoms with Gasteiger partial charge in [-0.25, -0.2) is 0 Å². The monoisotopic (exact) mass is 275 g/mol. The highest BCUT2D eigenvalue weighted by Crippen LogP contribution is 2.14. The topological polar surface area (TPSA) is 38.3 Å². The normalized spacial score (nSPS) is 10.2. The summed E-state index contributed by atoms with van der Waals surface area (Å²) in [4.78, 5) is 14.1. The second-order valence-corrected chi connectivity index (χ2v) is 5.57. The largest absolute Gasteiger partial charge is 0.493 e. The van der Waals surface area contributed by atoms with E-state index in [-0.39, 0.29) is 5.91 Å². The van der Waals surface area contributed by atoms with Gasteiger partial charge in [0.25, 0.3) is 0 Å². The minimum absolute atomic E-state index is 0.0157. The van der Waals surface area contributed by atoms with Gasteiger partial charge >= 0.3 is 0 Å². The highest BCUT2D eigenvalue weighted by Gasteiger charge is 2.03. The highest BCUT2D eigenvalue weighted by atomic mass is 32.1. The molecule has 1 aromatic carbocycles. The van der Waals surface area contributed by atoms with Crippen LogP contribution in [0.3, 0.4) is 0 Å². The Morgan fingerprint density at radius 3 is 2.68 bits per heavy atom. The third kappa shape index (κ3) is 4.75. The van der Waals surface area contributed by atoms with Gasteiger partial charge in [0, 0.05) is 9.75 Å². The van der Waals surface area contributed by atoms with Crippen LogP contribution in [0.1, 0.15) is 16.2 Å². The van der Waals surface area contributed by atoms with E-state index in [0.29, 0.717) is 19.6 Å². The number of thiophene rings is 1. The lowest BCUT2D eigenvalue weighted by Crippen LogP contribution is -2.23. The number of para-hydroxylation sites is 1. The van der Waals surface area contributed by atoms with Crippen LogP contribution in [-0.4, -0.2) is 12.5 Å². The molecule has 1 amide bonds. The van der Waals surface area contributed by atoms with Gasteiger partial charge in [-0.1, -0.05) is 18.2 Å². The molecule has 1 N–H and O–H groups in total. The predicted molar refractivity (Wildman–Crippen MR) is 77.5 cm³/mol. The lowest BCUT2D eigenvalue weighted by molar-refractivity contribution is -0.121. The van der Waals surface area contributed by atoms with Crippen LogP contribution >= 0.6 is 11.3 Å². The first kappa shape index (κ1) is 13.6. The fraction of sp³-hybridized carbons (Fsp3) is 0.267. The van der Waals surface area contributed by atoms with Crippen LogP contribution in [-0.2, 0) is 11.3 Å². The molecule has 0 aliphatic carbocycles. The van der Waals surface area contributed by atoms with Crippen LogP contribution in [0.4, 0.5) is 0 Å². The first-order chi connectivity index (χ1) is 9.24. The average molecular weight is 275 g/mol. The first-order valence-corrected chi connectivity index (χ1v) is 7.05. The number of hydrogen-bond acceptors (Lipinski definition) is 3. The first-order valence-electron chi connectivity index (χ1n) is 6.24. The average Bonchev–Trinajstić information content (AvgIpc) is 2.83. The highest BCUT2D eigenvalue weighted by molar-refractivity contribution is 7.11. The van der Waals surface area contributed by atoms with Gasteiger partial charge in [-0.15, -0.1) is 11.3 Å². The molecule has 1 heterocycles. The van der Waals surface area contributed by atoms with E-state index in [1.54, 1.807) is 11.3 Å². The van der Waals surface area contributed by atoms with E-state index in [0.717, 1.165) is 5.75 Å². The van der Waals surface area contributed by atoms with Crippen molar-refractivity contribution in [2.75, 3.05) is 6.61 Å². The zero-order valence-corrected chi connectivity index (χ0v) is 11.7. The minimum atomic E-state index is 0.0157. The molecule has 0 spiro atoms. The molecule has 100 valence electrons. The van der Waals surface area contributed by atoms with Crippen molar-refractivity contribution in [1.82, 2.24) is 5.32 Å². The number of nitrogens with one attached hydrogen (secondary N) is 1. The van der Waals surface area contributed by atoms with Crippen LogP contribution in [0.15, 0.2) is 42.5 Å². The summed E-state index contributed by atoms with van der Waals surface area (Å²) in [5, 5.41) is 2.89. The number of rotatable bonds is 6. The summed E-state index contributed by atoms with van der Waals surface area (Å²) in [6, 6.07) is 13.6. The summed E-state index contributed by atoms with van der Waals surface area (Å²) in [6.45, 7) is 3.06. The van der Waals surface area contributed by atoms with Gasteiger partial charge in [-0.2, -0.15) is 0 Å². The number of carbonyl (C=O) groups is 1. The molecule has 2 rings (SSSR count). The van der Waals surface area contributed by atoms with Crippen molar-refractivity contribution >= 4 is 17.2 Å². The second-order valence-electron chi connectivity index (χ2n) is 4.20. The molecule has 3 nitrogen and oxygen atoms in total. The molecule has 2 aromatic rings. The summed E-state index contributed by atoms with van der Waals surface area (Å²) in [5.74, 6) is 0.811. The number of ether oxygens (including phenoxy) is 1. The van der Waals surface area contributed by atoms with Crippen LogP contribution < -0.4 is 10.1 Å². The molecule has 0 aliphatic rings. The molecule has 1 aromatic heterocycles. The van der Waals surface area contributed by atoms with Gasteiger partial charge in [0.05, 0.1) is 19.6 Å². The number of benzene rings is 1. The van der Waals surface area contributed by atoms with Gasteiger partial charge in [0.2, 0.25) is 5.91 Å². The summed E-state index contributed by atoms with van der Waals surface area (Å²) in [5.41, 5.74) is 0. The Hall–Kier alpha value is -1.81. The SMILES string of the molecule is Cc1ccc(CNC(=O)CCOc2ccccc2)s1. The maximum atomic E-state index is 11.6. The predicted octanol–water partition coefficient (Wildman–Crippen LogP) is 3.14. The fourth-order valence-corrected chi connectivity index (χ4v) is 2.46. The number of carbonyl (C=O) groups excluding carboxylic acids is 1. The van der Waals surface area contributed by atoms with E-state index in [1.807, 2.05) is 36.4 Å². The van der Waals surface area contributed by atoms with E-state index in [9.17, 15) is 4.79 Å². The Morgan fingerprint density at radius 1 is 1.21 bits per heavy atom. The second kappa shape index (κ2) is 6.95. The van der Waals surface area contributed by atoms with Crippen molar-refractivity contribution in [1.29, 1.82) is 0 Å². The lowest BCUT2D eigenvalue weighted by atomic mass is 10.3. The molecule has 0 fully saturated rings. The smallest absolute Gasteiger partial charge is 0.223 e. The molecule has 4 heteroatoms. The van der Waals surface area contributed by atoms with Crippen molar-refractivity contribution in [2.24, 2.45) is 0 Å². The molecule has 0 atom stereocenters. The number of aryl methyl sites for hydroxylation is 1. The van der Waals surface area contributed by atoms with E-state index < -0.39 is 0 Å². The van der Waals surface area contributed by atoms with Crippen LogP contribution in [0.2, 0.25) is 0 Å². The van der Waals surface area contributed by atoms with Crippen LogP contribution in [0.25, 0.3) is 0 Å². The van der Waals surface area contributed by atoms with Gasteiger partial charge < -0.3 is 10.1 Å².